The van der Waals surface area contributed by atoms with Crippen molar-refractivity contribution in [2.75, 3.05) is 19.6 Å². The molecule has 7 heteroatoms. The third-order valence-corrected chi connectivity index (χ3v) is 4.93. The molecule has 108 valence electrons. The maximum Gasteiger partial charge on any atom is 0.242 e. The Morgan fingerprint density at radius 2 is 2.16 bits per heavy atom. The van der Waals surface area contributed by atoms with E-state index in [-0.39, 0.29) is 17.5 Å². The average Bonchev–Trinajstić information content (AvgIpc) is 3.06. The minimum Gasteiger partial charge on any atom is -0.390 e. The smallest absolute Gasteiger partial charge is 0.242 e. The molecule has 0 radical (unpaired) electrons. The Hall–Kier alpha value is -0.890. The van der Waals surface area contributed by atoms with E-state index in [1.54, 1.807) is 0 Å². The van der Waals surface area contributed by atoms with Gasteiger partial charge in [-0.05, 0) is 38.9 Å². The van der Waals surface area contributed by atoms with Crippen LogP contribution in [0, 0.1) is 0 Å². The number of hydrogen-bond donors (Lipinski definition) is 3. The molecule has 0 amide bonds. The third-order valence-electron chi connectivity index (χ3n) is 3.53. The summed E-state index contributed by atoms with van der Waals surface area (Å²) in [6.07, 6.45) is 3.78. The number of hydrogen-bond acceptors (Lipinski definition) is 4. The van der Waals surface area contributed by atoms with E-state index in [0.29, 0.717) is 12.2 Å². The Kier molecular flexibility index (Phi) is 4.62. The Balaban J connectivity index is 1.93. The summed E-state index contributed by atoms with van der Waals surface area (Å²) in [4.78, 5) is 5.19. The maximum atomic E-state index is 12.0. The van der Waals surface area contributed by atoms with Gasteiger partial charge in [0.1, 0.15) is 0 Å². The van der Waals surface area contributed by atoms with Gasteiger partial charge in [-0.15, -0.1) is 0 Å². The minimum absolute atomic E-state index is 0.171. The van der Waals surface area contributed by atoms with Crippen molar-refractivity contribution in [3.63, 3.8) is 0 Å². The van der Waals surface area contributed by atoms with E-state index >= 15 is 0 Å². The SMILES string of the molecule is CC(CNS(=O)(=O)c1c[nH]c(CO)c1)N1CCCC1. The fourth-order valence-corrected chi connectivity index (χ4v) is 3.43. The predicted molar refractivity (Wildman–Crippen MR) is 72.2 cm³/mol. The second kappa shape index (κ2) is 6.04. The van der Waals surface area contributed by atoms with Crippen molar-refractivity contribution < 1.29 is 13.5 Å². The normalized spacial score (nSPS) is 18.8. The lowest BCUT2D eigenvalue weighted by molar-refractivity contribution is 0.260. The summed E-state index contributed by atoms with van der Waals surface area (Å²) in [6.45, 7) is 4.33. The number of nitrogens with zero attached hydrogens (tertiary/aromatic N) is 1. The molecule has 0 aromatic carbocycles. The summed E-state index contributed by atoms with van der Waals surface area (Å²) in [5.41, 5.74) is 0.493. The lowest BCUT2D eigenvalue weighted by atomic mass is 10.3. The van der Waals surface area contributed by atoms with Crippen LogP contribution in [0.5, 0.6) is 0 Å². The number of nitrogens with one attached hydrogen (secondary N) is 2. The molecule has 0 aliphatic carbocycles. The number of aromatic amines is 1. The van der Waals surface area contributed by atoms with Crippen LogP contribution in [0.2, 0.25) is 0 Å². The zero-order valence-corrected chi connectivity index (χ0v) is 11.9. The molecule has 1 aliphatic heterocycles. The molecule has 2 rings (SSSR count). The highest BCUT2D eigenvalue weighted by molar-refractivity contribution is 7.89. The summed E-state index contributed by atoms with van der Waals surface area (Å²) in [7, 11) is -3.49. The molecule has 1 unspecified atom stereocenters. The summed E-state index contributed by atoms with van der Waals surface area (Å²) < 4.78 is 26.7. The Bertz CT molecular complexity index is 506. The van der Waals surface area contributed by atoms with Crippen LogP contribution in [0.3, 0.4) is 0 Å². The number of aliphatic hydroxyl groups excluding tert-OH is 1. The Labute approximate surface area is 113 Å². The van der Waals surface area contributed by atoms with Gasteiger partial charge in [-0.25, -0.2) is 13.1 Å². The van der Waals surface area contributed by atoms with E-state index in [1.165, 1.54) is 25.1 Å². The van der Waals surface area contributed by atoms with Crippen LogP contribution < -0.4 is 4.72 Å². The van der Waals surface area contributed by atoms with Gasteiger partial charge in [-0.1, -0.05) is 0 Å². The number of likely N-dealkylation sites (tertiary alicyclic amines) is 1. The first-order valence-electron chi connectivity index (χ1n) is 6.55. The van der Waals surface area contributed by atoms with E-state index < -0.39 is 10.0 Å². The van der Waals surface area contributed by atoms with Crippen LogP contribution in [-0.2, 0) is 16.6 Å². The Morgan fingerprint density at radius 3 is 2.74 bits per heavy atom. The first kappa shape index (κ1) is 14.5. The third kappa shape index (κ3) is 3.56. The van der Waals surface area contributed by atoms with Gasteiger partial charge in [0.15, 0.2) is 0 Å². The lowest BCUT2D eigenvalue weighted by Crippen LogP contribution is -2.40. The summed E-state index contributed by atoms with van der Waals surface area (Å²) in [5.74, 6) is 0. The molecule has 0 spiro atoms. The fraction of sp³-hybridized carbons (Fsp3) is 0.667. The summed E-state index contributed by atoms with van der Waals surface area (Å²) in [5, 5.41) is 8.93. The van der Waals surface area contributed by atoms with E-state index in [0.717, 1.165) is 13.1 Å². The zero-order chi connectivity index (χ0) is 13.9. The standard InChI is InChI=1S/C12H21N3O3S/c1-10(15-4-2-3-5-15)7-14-19(17,18)12-6-11(9-16)13-8-12/h6,8,10,13-14,16H,2-5,7,9H2,1H3. The number of aliphatic hydroxyl groups is 1. The molecular formula is C12H21N3O3S. The van der Waals surface area contributed by atoms with E-state index in [2.05, 4.69) is 14.6 Å². The van der Waals surface area contributed by atoms with Crippen LogP contribution >= 0.6 is 0 Å². The monoisotopic (exact) mass is 287 g/mol. The summed E-state index contributed by atoms with van der Waals surface area (Å²) in [6, 6.07) is 1.65. The van der Waals surface area contributed by atoms with Crippen LogP contribution in [0.1, 0.15) is 25.5 Å². The second-order valence-corrected chi connectivity index (χ2v) is 6.73. The Morgan fingerprint density at radius 1 is 1.47 bits per heavy atom. The van der Waals surface area contributed by atoms with Crippen LogP contribution in [0.25, 0.3) is 0 Å². The van der Waals surface area contributed by atoms with Gasteiger partial charge in [0.25, 0.3) is 0 Å². The van der Waals surface area contributed by atoms with Gasteiger partial charge < -0.3 is 10.1 Å². The molecule has 1 saturated heterocycles. The summed E-state index contributed by atoms with van der Waals surface area (Å²) >= 11 is 0. The van der Waals surface area contributed by atoms with Crippen molar-refractivity contribution in [2.24, 2.45) is 0 Å². The van der Waals surface area contributed by atoms with Gasteiger partial charge in [0, 0.05) is 24.5 Å². The highest BCUT2D eigenvalue weighted by atomic mass is 32.2. The van der Waals surface area contributed by atoms with Crippen molar-refractivity contribution >= 4 is 10.0 Å². The van der Waals surface area contributed by atoms with Gasteiger partial charge in [-0.2, -0.15) is 0 Å². The second-order valence-electron chi connectivity index (χ2n) is 4.96. The number of aromatic nitrogens is 1. The van der Waals surface area contributed by atoms with Crippen molar-refractivity contribution in [3.05, 3.63) is 18.0 Å². The molecule has 0 saturated carbocycles. The van der Waals surface area contributed by atoms with Gasteiger partial charge in [0.05, 0.1) is 11.5 Å². The molecule has 1 aromatic heterocycles. The quantitative estimate of drug-likeness (QED) is 0.701. The van der Waals surface area contributed by atoms with Crippen LogP contribution in [-0.4, -0.2) is 49.1 Å². The topological polar surface area (TPSA) is 85.4 Å². The predicted octanol–water partition coefficient (Wildman–Crippen LogP) is 0.270. The van der Waals surface area contributed by atoms with Gasteiger partial charge >= 0.3 is 0 Å². The first-order valence-corrected chi connectivity index (χ1v) is 8.03. The van der Waals surface area contributed by atoms with Crippen LogP contribution in [0.15, 0.2) is 17.2 Å². The minimum atomic E-state index is -3.49. The molecule has 3 N–H and O–H groups in total. The van der Waals surface area contributed by atoms with E-state index in [4.69, 9.17) is 5.11 Å². The van der Waals surface area contributed by atoms with Crippen LogP contribution in [0.4, 0.5) is 0 Å². The molecule has 1 fully saturated rings. The molecule has 6 nitrogen and oxygen atoms in total. The highest BCUT2D eigenvalue weighted by Gasteiger charge is 2.21. The van der Waals surface area contributed by atoms with Crippen molar-refractivity contribution in [3.8, 4) is 0 Å². The molecule has 2 heterocycles. The number of H-pyrrole nitrogens is 1. The number of rotatable bonds is 6. The molecular weight excluding hydrogens is 266 g/mol. The molecule has 1 aliphatic rings. The maximum absolute atomic E-state index is 12.0. The van der Waals surface area contributed by atoms with E-state index in [1.807, 2.05) is 6.92 Å². The average molecular weight is 287 g/mol. The molecule has 19 heavy (non-hydrogen) atoms. The van der Waals surface area contributed by atoms with Crippen molar-refractivity contribution in [2.45, 2.75) is 37.3 Å². The fourth-order valence-electron chi connectivity index (χ4n) is 2.29. The lowest BCUT2D eigenvalue weighted by Gasteiger charge is -2.23. The highest BCUT2D eigenvalue weighted by Crippen LogP contribution is 2.13. The van der Waals surface area contributed by atoms with E-state index in [9.17, 15) is 8.42 Å². The molecule has 1 aromatic rings. The number of sulfonamides is 1. The zero-order valence-electron chi connectivity index (χ0n) is 11.1. The van der Waals surface area contributed by atoms with Gasteiger partial charge in [-0.3, -0.25) is 4.90 Å². The van der Waals surface area contributed by atoms with Crippen molar-refractivity contribution in [1.82, 2.24) is 14.6 Å². The molecule has 0 bridgehead atoms. The van der Waals surface area contributed by atoms with Gasteiger partial charge in [0.2, 0.25) is 10.0 Å². The van der Waals surface area contributed by atoms with Crippen molar-refractivity contribution in [1.29, 1.82) is 0 Å². The first-order chi connectivity index (χ1) is 9.03. The molecule has 1 atom stereocenters. The largest absolute Gasteiger partial charge is 0.390 e.